The molecule has 0 N–H and O–H groups in total. The molecule has 0 spiro atoms. The van der Waals surface area contributed by atoms with Crippen LogP contribution in [-0.4, -0.2) is 37.6 Å². The molecule has 1 saturated heterocycles. The molecule has 2 heterocycles. The predicted molar refractivity (Wildman–Crippen MR) is 72.5 cm³/mol. The van der Waals surface area contributed by atoms with E-state index in [9.17, 15) is 4.79 Å². The second-order valence-electron chi connectivity index (χ2n) is 4.23. The van der Waals surface area contributed by atoms with Gasteiger partial charge in [-0.3, -0.25) is 4.79 Å². The lowest BCUT2D eigenvalue weighted by atomic mass is 10.1. The summed E-state index contributed by atoms with van der Waals surface area (Å²) in [4.78, 5) is 15.3. The molecule has 1 atom stereocenters. The zero-order valence-electron chi connectivity index (χ0n) is 9.82. The smallest absolute Gasteiger partial charge is 0.315 e. The maximum absolute atomic E-state index is 11.9. The van der Waals surface area contributed by atoms with Gasteiger partial charge in [0.05, 0.1) is 10.9 Å². The van der Waals surface area contributed by atoms with E-state index >= 15 is 0 Å². The number of carbonyl (C=O) groups excluding carboxylic acids is 1. The number of esters is 1. The molecule has 1 aliphatic rings. The molecule has 17 heavy (non-hydrogen) atoms. The van der Waals surface area contributed by atoms with Crippen LogP contribution in [0.5, 0.6) is 0 Å². The summed E-state index contributed by atoms with van der Waals surface area (Å²) < 4.78 is 5.97. The van der Waals surface area contributed by atoms with E-state index in [4.69, 9.17) is 4.74 Å². The fourth-order valence-electron chi connectivity index (χ4n) is 2.16. The van der Waals surface area contributed by atoms with Crippen molar-refractivity contribution < 1.29 is 9.53 Å². The molecular weight excluding hydrogens is 302 g/mol. The molecule has 1 aromatic rings. The van der Waals surface area contributed by atoms with Crippen molar-refractivity contribution in [3.8, 4) is 0 Å². The summed E-state index contributed by atoms with van der Waals surface area (Å²) in [5.41, 5.74) is 0. The van der Waals surface area contributed by atoms with Crippen molar-refractivity contribution in [3.05, 3.63) is 20.8 Å². The average molecular weight is 318 g/mol. The number of hydrogen-bond acceptors (Lipinski definition) is 4. The highest BCUT2D eigenvalue weighted by molar-refractivity contribution is 9.11. The highest BCUT2D eigenvalue weighted by atomic mass is 79.9. The minimum absolute atomic E-state index is 0.133. The number of carbonyl (C=O) groups is 1. The molecule has 0 aliphatic carbocycles. The van der Waals surface area contributed by atoms with Crippen LogP contribution in [-0.2, 0) is 9.53 Å². The van der Waals surface area contributed by atoms with Crippen molar-refractivity contribution >= 4 is 33.2 Å². The van der Waals surface area contributed by atoms with Gasteiger partial charge in [-0.25, -0.2) is 0 Å². The van der Waals surface area contributed by atoms with E-state index in [2.05, 4.69) is 20.8 Å². The predicted octanol–water partition coefficient (Wildman–Crippen LogP) is 2.86. The first-order valence-electron chi connectivity index (χ1n) is 5.76. The van der Waals surface area contributed by atoms with Crippen molar-refractivity contribution in [1.29, 1.82) is 0 Å². The molecule has 1 aliphatic heterocycles. The number of ether oxygens (including phenoxy) is 1. The van der Waals surface area contributed by atoms with E-state index < -0.39 is 0 Å². The second kappa shape index (κ2) is 5.98. The van der Waals surface area contributed by atoms with Crippen molar-refractivity contribution in [3.63, 3.8) is 0 Å². The largest absolute Gasteiger partial charge is 0.468 e. The third-order valence-electron chi connectivity index (χ3n) is 3.06. The molecule has 2 rings (SSSR count). The fourth-order valence-corrected chi connectivity index (χ4v) is 3.67. The van der Waals surface area contributed by atoms with E-state index in [0.29, 0.717) is 0 Å². The summed E-state index contributed by atoms with van der Waals surface area (Å²) in [6, 6.07) is 3.99. The normalized spacial score (nSPS) is 18.2. The summed E-state index contributed by atoms with van der Waals surface area (Å²) in [5, 5.41) is 0. The summed E-state index contributed by atoms with van der Waals surface area (Å²) in [5.74, 6) is -0.277. The maximum atomic E-state index is 11.9. The number of thiophene rings is 1. The van der Waals surface area contributed by atoms with Crippen LogP contribution < -0.4 is 0 Å². The number of rotatable bonds is 4. The Labute approximate surface area is 114 Å². The molecule has 5 heteroatoms. The molecule has 0 saturated carbocycles. The third-order valence-corrected chi connectivity index (χ3v) is 4.80. The molecule has 0 radical (unpaired) electrons. The SMILES string of the molecule is COC(=O)C(CN1CCCC1)c1ccc(Br)s1. The Hall–Kier alpha value is -0.390. The first-order valence-corrected chi connectivity index (χ1v) is 7.37. The Kier molecular flexibility index (Phi) is 4.59. The van der Waals surface area contributed by atoms with Gasteiger partial charge in [0.1, 0.15) is 5.92 Å². The quantitative estimate of drug-likeness (QED) is 0.800. The Morgan fingerprint density at radius 1 is 1.53 bits per heavy atom. The van der Waals surface area contributed by atoms with E-state index in [1.807, 2.05) is 12.1 Å². The molecule has 0 aromatic carbocycles. The number of halogens is 1. The van der Waals surface area contributed by atoms with Gasteiger partial charge in [0.25, 0.3) is 0 Å². The van der Waals surface area contributed by atoms with Gasteiger partial charge in [0.2, 0.25) is 0 Å². The van der Waals surface area contributed by atoms with Crippen LogP contribution in [0.4, 0.5) is 0 Å². The third kappa shape index (κ3) is 3.30. The van der Waals surface area contributed by atoms with Crippen molar-refractivity contribution in [2.75, 3.05) is 26.7 Å². The zero-order valence-corrected chi connectivity index (χ0v) is 12.2. The topological polar surface area (TPSA) is 29.5 Å². The standard InChI is InChI=1S/C12H16BrNO2S/c1-16-12(15)9(8-14-6-2-3-7-14)10-4-5-11(13)17-10/h4-5,9H,2-3,6-8H2,1H3. The Morgan fingerprint density at radius 3 is 2.76 bits per heavy atom. The van der Waals surface area contributed by atoms with Crippen LogP contribution in [0.15, 0.2) is 15.9 Å². The fraction of sp³-hybridized carbons (Fsp3) is 0.583. The first kappa shape index (κ1) is 13.1. The molecule has 0 bridgehead atoms. The van der Waals surface area contributed by atoms with Gasteiger partial charge in [0.15, 0.2) is 0 Å². The lowest BCUT2D eigenvalue weighted by Gasteiger charge is -2.20. The van der Waals surface area contributed by atoms with Crippen molar-refractivity contribution in [1.82, 2.24) is 4.90 Å². The van der Waals surface area contributed by atoms with Gasteiger partial charge in [-0.1, -0.05) is 0 Å². The minimum atomic E-state index is -0.144. The van der Waals surface area contributed by atoms with E-state index in [0.717, 1.165) is 28.3 Å². The highest BCUT2D eigenvalue weighted by Gasteiger charge is 2.26. The van der Waals surface area contributed by atoms with Gasteiger partial charge in [0, 0.05) is 11.4 Å². The average Bonchev–Trinajstić information content (AvgIpc) is 2.96. The summed E-state index contributed by atoms with van der Waals surface area (Å²) >= 11 is 5.05. The Morgan fingerprint density at radius 2 is 2.24 bits per heavy atom. The van der Waals surface area contributed by atoms with E-state index in [-0.39, 0.29) is 11.9 Å². The monoisotopic (exact) mass is 317 g/mol. The van der Waals surface area contributed by atoms with E-state index in [1.54, 1.807) is 11.3 Å². The van der Waals surface area contributed by atoms with Gasteiger partial charge in [-0.05, 0) is 54.0 Å². The molecule has 94 valence electrons. The molecule has 1 aromatic heterocycles. The van der Waals surface area contributed by atoms with Crippen molar-refractivity contribution in [2.45, 2.75) is 18.8 Å². The highest BCUT2D eigenvalue weighted by Crippen LogP contribution is 2.30. The Bertz CT molecular complexity index is 388. The minimum Gasteiger partial charge on any atom is -0.468 e. The van der Waals surface area contributed by atoms with E-state index in [1.165, 1.54) is 20.0 Å². The number of hydrogen-bond donors (Lipinski definition) is 0. The van der Waals surface area contributed by atoms with Crippen molar-refractivity contribution in [2.24, 2.45) is 0 Å². The van der Waals surface area contributed by atoms with Gasteiger partial charge >= 0.3 is 5.97 Å². The zero-order chi connectivity index (χ0) is 12.3. The Balaban J connectivity index is 2.10. The molecule has 1 unspecified atom stereocenters. The summed E-state index contributed by atoms with van der Waals surface area (Å²) in [7, 11) is 1.46. The summed E-state index contributed by atoms with van der Waals surface area (Å²) in [6.07, 6.45) is 2.48. The lowest BCUT2D eigenvalue weighted by molar-refractivity contribution is -0.142. The molecule has 0 amide bonds. The van der Waals surface area contributed by atoms with Crippen LogP contribution in [0, 0.1) is 0 Å². The van der Waals surface area contributed by atoms with Crippen LogP contribution >= 0.6 is 27.3 Å². The van der Waals surface area contributed by atoms with Gasteiger partial charge < -0.3 is 9.64 Å². The maximum Gasteiger partial charge on any atom is 0.315 e. The first-order chi connectivity index (χ1) is 8.20. The molecule has 1 fully saturated rings. The van der Waals surface area contributed by atoms with Crippen LogP contribution in [0.25, 0.3) is 0 Å². The number of nitrogens with zero attached hydrogens (tertiary/aromatic N) is 1. The van der Waals surface area contributed by atoms with Gasteiger partial charge in [-0.2, -0.15) is 0 Å². The molecule has 3 nitrogen and oxygen atoms in total. The van der Waals surface area contributed by atoms with Gasteiger partial charge in [-0.15, -0.1) is 11.3 Å². The number of likely N-dealkylation sites (tertiary alicyclic amines) is 1. The van der Waals surface area contributed by atoms with Crippen LogP contribution in [0.1, 0.15) is 23.6 Å². The van der Waals surface area contributed by atoms with Crippen LogP contribution in [0.2, 0.25) is 0 Å². The lowest BCUT2D eigenvalue weighted by Crippen LogP contribution is -2.30. The van der Waals surface area contributed by atoms with Crippen LogP contribution in [0.3, 0.4) is 0 Å². The number of methoxy groups -OCH3 is 1. The summed E-state index contributed by atoms with van der Waals surface area (Å²) in [6.45, 7) is 2.97. The second-order valence-corrected chi connectivity index (χ2v) is 6.72. The molecular formula is C12H16BrNO2S.